The summed E-state index contributed by atoms with van der Waals surface area (Å²) >= 11 is -0.273. The van der Waals surface area contributed by atoms with E-state index in [0.29, 0.717) is 0 Å². The Hall–Kier alpha value is -1.16. The first-order valence-corrected chi connectivity index (χ1v) is 4.88. The molecule has 94 valence electrons. The van der Waals surface area contributed by atoms with Gasteiger partial charge < -0.3 is 10.4 Å². The van der Waals surface area contributed by atoms with E-state index in [1.54, 1.807) is 5.48 Å². The van der Waals surface area contributed by atoms with Crippen LogP contribution in [0.4, 0.5) is 18.0 Å². The summed E-state index contributed by atoms with van der Waals surface area (Å²) < 4.78 is 34.8. The minimum atomic E-state index is -4.34. The lowest BCUT2D eigenvalue weighted by molar-refractivity contribution is -0.144. The number of hydroxylamine groups is 1. The number of nitrogens with one attached hydrogen (secondary N) is 2. The lowest BCUT2D eigenvalue weighted by Crippen LogP contribution is -2.37. The molecule has 0 aromatic carbocycles. The third-order valence-electron chi connectivity index (χ3n) is 1.01. The van der Waals surface area contributed by atoms with E-state index in [-0.39, 0.29) is 24.1 Å². The number of hydrogen-bond acceptors (Lipinski definition) is 4. The molecule has 0 rings (SSSR count). The Balaban J connectivity index is 3.41. The quantitative estimate of drug-likeness (QED) is 0.480. The zero-order valence-electron chi connectivity index (χ0n) is 7.84. The molecule has 10 heteroatoms. The molecule has 0 aliphatic rings. The summed E-state index contributed by atoms with van der Waals surface area (Å²) in [4.78, 5) is 24.8. The zero-order valence-corrected chi connectivity index (χ0v) is 8.65. The predicted molar refractivity (Wildman–Crippen MR) is 48.6 cm³/mol. The maximum atomic E-state index is 11.6. The van der Waals surface area contributed by atoms with Crippen LogP contribution in [0.5, 0.6) is 0 Å². The highest BCUT2D eigenvalue weighted by Crippen LogP contribution is 2.29. The maximum absolute atomic E-state index is 11.6. The fourth-order valence-corrected chi connectivity index (χ4v) is 0.966. The molecule has 0 spiro atoms. The fourth-order valence-electron chi connectivity index (χ4n) is 0.531. The first kappa shape index (κ1) is 14.8. The maximum Gasteiger partial charge on any atom is 0.441 e. The molecular formula is C6H9F3N2O4S. The van der Waals surface area contributed by atoms with Gasteiger partial charge in [0.05, 0.1) is 0 Å². The molecule has 2 amide bonds. The van der Waals surface area contributed by atoms with Crippen molar-refractivity contribution in [1.82, 2.24) is 10.8 Å². The Morgan fingerprint density at radius 1 is 1.38 bits per heavy atom. The molecular weight excluding hydrogens is 253 g/mol. The highest BCUT2D eigenvalue weighted by molar-refractivity contribution is 8.00. The summed E-state index contributed by atoms with van der Waals surface area (Å²) in [5, 5.41) is 10.1. The van der Waals surface area contributed by atoms with Crippen molar-refractivity contribution in [3.8, 4) is 0 Å². The van der Waals surface area contributed by atoms with Crippen molar-refractivity contribution in [2.45, 2.75) is 5.51 Å². The molecule has 6 nitrogen and oxygen atoms in total. The summed E-state index contributed by atoms with van der Waals surface area (Å²) in [6.45, 7) is -0.947. The molecule has 0 bridgehead atoms. The van der Waals surface area contributed by atoms with Crippen molar-refractivity contribution < 1.29 is 32.7 Å². The monoisotopic (exact) mass is 262 g/mol. The molecule has 0 radical (unpaired) electrons. The van der Waals surface area contributed by atoms with Gasteiger partial charge in [-0.2, -0.15) is 13.2 Å². The van der Waals surface area contributed by atoms with Gasteiger partial charge in [0.1, 0.15) is 0 Å². The van der Waals surface area contributed by atoms with Gasteiger partial charge in [-0.05, 0) is 11.8 Å². The number of carbonyl (C=O) groups is 2. The molecule has 0 fully saturated rings. The predicted octanol–water partition coefficient (Wildman–Crippen LogP) is 0.555. The Morgan fingerprint density at radius 3 is 2.50 bits per heavy atom. The van der Waals surface area contributed by atoms with E-state index in [9.17, 15) is 22.8 Å². The highest BCUT2D eigenvalue weighted by atomic mass is 32.2. The van der Waals surface area contributed by atoms with Crippen LogP contribution in [0.2, 0.25) is 0 Å². The lowest BCUT2D eigenvalue weighted by Gasteiger charge is -2.07. The lowest BCUT2D eigenvalue weighted by atomic mass is 10.7. The number of carboxylic acids is 1. The minimum absolute atomic E-state index is 0.216. The second-order valence-corrected chi connectivity index (χ2v) is 3.49. The van der Waals surface area contributed by atoms with Crippen molar-refractivity contribution in [3.05, 3.63) is 0 Å². The molecule has 0 aliphatic carbocycles. The average molecular weight is 262 g/mol. The van der Waals surface area contributed by atoms with Gasteiger partial charge in [0.2, 0.25) is 0 Å². The van der Waals surface area contributed by atoms with Gasteiger partial charge in [-0.3, -0.25) is 4.84 Å². The summed E-state index contributed by atoms with van der Waals surface area (Å²) in [5.41, 5.74) is -2.65. The zero-order chi connectivity index (χ0) is 12.6. The van der Waals surface area contributed by atoms with Gasteiger partial charge in [0.25, 0.3) is 0 Å². The SMILES string of the molecule is O=C(O)CONC(=O)NCCSC(F)(F)F. The van der Waals surface area contributed by atoms with Crippen LogP contribution >= 0.6 is 11.8 Å². The van der Waals surface area contributed by atoms with Gasteiger partial charge in [-0.25, -0.2) is 15.1 Å². The van der Waals surface area contributed by atoms with Crippen molar-refractivity contribution >= 4 is 23.8 Å². The van der Waals surface area contributed by atoms with Crippen molar-refractivity contribution in [3.63, 3.8) is 0 Å². The standard InChI is InChI=1S/C6H9F3N2O4S/c7-6(8,9)16-2-1-10-5(14)11-15-3-4(12)13/h1-3H2,(H,12,13)(H2,10,11,14). The number of urea groups is 1. The molecule has 0 aromatic heterocycles. The number of amides is 2. The third kappa shape index (κ3) is 10.9. The van der Waals surface area contributed by atoms with Gasteiger partial charge in [-0.1, -0.05) is 0 Å². The smallest absolute Gasteiger partial charge is 0.441 e. The average Bonchev–Trinajstić information content (AvgIpc) is 2.10. The van der Waals surface area contributed by atoms with Crippen LogP contribution in [0.25, 0.3) is 0 Å². The van der Waals surface area contributed by atoms with Gasteiger partial charge >= 0.3 is 17.5 Å². The molecule has 0 heterocycles. The Kier molecular flexibility index (Phi) is 6.65. The van der Waals surface area contributed by atoms with E-state index < -0.39 is 24.1 Å². The number of alkyl halides is 3. The normalized spacial score (nSPS) is 10.9. The molecule has 0 unspecified atom stereocenters. The molecule has 0 aliphatic heterocycles. The van der Waals surface area contributed by atoms with Crippen LogP contribution in [0.3, 0.4) is 0 Å². The molecule has 0 saturated heterocycles. The number of thioether (sulfide) groups is 1. The van der Waals surface area contributed by atoms with E-state index in [1.165, 1.54) is 0 Å². The van der Waals surface area contributed by atoms with Crippen molar-refractivity contribution in [1.29, 1.82) is 0 Å². The van der Waals surface area contributed by atoms with Crippen molar-refractivity contribution in [2.24, 2.45) is 0 Å². The topological polar surface area (TPSA) is 87.7 Å². The van der Waals surface area contributed by atoms with E-state index in [4.69, 9.17) is 5.11 Å². The number of carboxylic acid groups (broad SMARTS) is 1. The van der Waals surface area contributed by atoms with Crippen LogP contribution in [0.15, 0.2) is 0 Å². The highest BCUT2D eigenvalue weighted by Gasteiger charge is 2.27. The van der Waals surface area contributed by atoms with E-state index in [0.717, 1.165) is 0 Å². The number of rotatable bonds is 6. The third-order valence-corrected chi connectivity index (χ3v) is 1.75. The van der Waals surface area contributed by atoms with Gasteiger partial charge in [0.15, 0.2) is 6.61 Å². The van der Waals surface area contributed by atoms with Crippen LogP contribution < -0.4 is 10.8 Å². The molecule has 0 saturated carbocycles. The van der Waals surface area contributed by atoms with Gasteiger partial charge in [-0.15, -0.1) is 0 Å². The summed E-state index contributed by atoms with van der Waals surface area (Å²) in [6.07, 6.45) is 0. The number of halogens is 3. The second kappa shape index (κ2) is 7.17. The molecule has 0 atom stereocenters. The van der Waals surface area contributed by atoms with Crippen LogP contribution in [-0.2, 0) is 9.63 Å². The van der Waals surface area contributed by atoms with Crippen LogP contribution in [0.1, 0.15) is 0 Å². The number of hydrogen-bond donors (Lipinski definition) is 3. The summed E-state index contributed by atoms with van der Waals surface area (Å²) in [5.74, 6) is -1.62. The molecule has 3 N–H and O–H groups in total. The van der Waals surface area contributed by atoms with E-state index >= 15 is 0 Å². The summed E-state index contributed by atoms with van der Waals surface area (Å²) in [7, 11) is 0. The first-order valence-electron chi connectivity index (χ1n) is 3.89. The summed E-state index contributed by atoms with van der Waals surface area (Å²) in [6, 6.07) is -0.899. The molecule has 0 aromatic rings. The van der Waals surface area contributed by atoms with Crippen LogP contribution in [0, 0.1) is 0 Å². The Morgan fingerprint density at radius 2 is 2.00 bits per heavy atom. The van der Waals surface area contributed by atoms with E-state index in [1.807, 2.05) is 5.32 Å². The Bertz CT molecular complexity index is 248. The van der Waals surface area contributed by atoms with Gasteiger partial charge in [0, 0.05) is 12.3 Å². The number of carbonyl (C=O) groups excluding carboxylic acids is 1. The largest absolute Gasteiger partial charge is 0.479 e. The minimum Gasteiger partial charge on any atom is -0.479 e. The number of aliphatic carboxylic acids is 1. The van der Waals surface area contributed by atoms with Crippen LogP contribution in [-0.4, -0.2) is 41.5 Å². The second-order valence-electron chi connectivity index (χ2n) is 2.33. The van der Waals surface area contributed by atoms with Crippen molar-refractivity contribution in [2.75, 3.05) is 18.9 Å². The molecule has 16 heavy (non-hydrogen) atoms. The Labute approximate surface area is 92.5 Å². The first-order chi connectivity index (χ1) is 7.31. The fraction of sp³-hybridized carbons (Fsp3) is 0.667. The van der Waals surface area contributed by atoms with E-state index in [2.05, 4.69) is 4.84 Å².